The molecule has 0 bridgehead atoms. The van der Waals surface area contributed by atoms with Gasteiger partial charge in [-0.05, 0) is 6.07 Å². The molecule has 0 spiro atoms. The van der Waals surface area contributed by atoms with Gasteiger partial charge in [0.15, 0.2) is 0 Å². The van der Waals surface area contributed by atoms with Crippen LogP contribution in [0.25, 0.3) is 0 Å². The van der Waals surface area contributed by atoms with E-state index in [9.17, 15) is 9.59 Å². The fourth-order valence-electron chi connectivity index (χ4n) is 1.66. The van der Waals surface area contributed by atoms with Crippen molar-refractivity contribution in [1.29, 1.82) is 0 Å². The van der Waals surface area contributed by atoms with Crippen LogP contribution in [0.5, 0.6) is 0 Å². The molecule has 6 nitrogen and oxygen atoms in total. The van der Waals surface area contributed by atoms with Crippen molar-refractivity contribution in [2.45, 2.75) is 25.4 Å². The summed E-state index contributed by atoms with van der Waals surface area (Å²) in [4.78, 5) is 22.4. The molecule has 0 saturated carbocycles. The third kappa shape index (κ3) is 2.82. The molecule has 1 aliphatic heterocycles. The second-order valence-electron chi connectivity index (χ2n) is 3.79. The summed E-state index contributed by atoms with van der Waals surface area (Å²) < 4.78 is 1.71. The Morgan fingerprint density at radius 3 is 3.19 bits per heavy atom. The minimum absolute atomic E-state index is 0.00243. The Hall–Kier alpha value is -1.85. The van der Waals surface area contributed by atoms with E-state index in [1.54, 1.807) is 10.9 Å². The number of nitrogens with zero attached hydrogens (tertiary/aromatic N) is 2. The molecule has 86 valence electrons. The highest BCUT2D eigenvalue weighted by Crippen LogP contribution is 1.99. The van der Waals surface area contributed by atoms with E-state index >= 15 is 0 Å². The lowest BCUT2D eigenvalue weighted by molar-refractivity contribution is -0.122. The molecule has 1 unspecified atom stereocenters. The lowest BCUT2D eigenvalue weighted by atomic mass is 10.2. The molecule has 1 saturated heterocycles. The molecular formula is C10H14N4O2. The van der Waals surface area contributed by atoms with Crippen molar-refractivity contribution in [2.75, 3.05) is 6.54 Å². The van der Waals surface area contributed by atoms with Crippen molar-refractivity contribution in [3.05, 3.63) is 18.5 Å². The van der Waals surface area contributed by atoms with E-state index in [0.29, 0.717) is 25.9 Å². The van der Waals surface area contributed by atoms with Gasteiger partial charge in [-0.3, -0.25) is 14.3 Å². The van der Waals surface area contributed by atoms with Crippen LogP contribution in [0.4, 0.5) is 0 Å². The monoisotopic (exact) mass is 222 g/mol. The van der Waals surface area contributed by atoms with Gasteiger partial charge in [0.25, 0.3) is 0 Å². The Labute approximate surface area is 93.0 Å². The molecule has 0 aliphatic carbocycles. The van der Waals surface area contributed by atoms with Crippen molar-refractivity contribution in [1.82, 2.24) is 20.4 Å². The van der Waals surface area contributed by atoms with E-state index in [1.165, 1.54) is 0 Å². The molecule has 1 fully saturated rings. The number of nitrogens with one attached hydrogen (secondary N) is 2. The highest BCUT2D eigenvalue weighted by Gasteiger charge is 2.22. The maximum atomic E-state index is 11.5. The topological polar surface area (TPSA) is 76.0 Å². The first-order chi connectivity index (χ1) is 7.74. The van der Waals surface area contributed by atoms with Crippen LogP contribution in [0.15, 0.2) is 18.5 Å². The maximum Gasteiger partial charge on any atom is 0.222 e. The number of hydrogen-bond acceptors (Lipinski definition) is 3. The van der Waals surface area contributed by atoms with Gasteiger partial charge in [-0.15, -0.1) is 0 Å². The van der Waals surface area contributed by atoms with E-state index in [-0.39, 0.29) is 17.9 Å². The summed E-state index contributed by atoms with van der Waals surface area (Å²) in [5.74, 6) is -0.0469. The fraction of sp³-hybridized carbons (Fsp3) is 0.500. The molecule has 2 rings (SSSR count). The molecule has 16 heavy (non-hydrogen) atoms. The third-order valence-corrected chi connectivity index (χ3v) is 2.47. The number of carbonyl (C=O) groups excluding carboxylic acids is 2. The first-order valence-electron chi connectivity index (χ1n) is 5.27. The van der Waals surface area contributed by atoms with Gasteiger partial charge >= 0.3 is 0 Å². The lowest BCUT2D eigenvalue weighted by Crippen LogP contribution is -2.36. The highest BCUT2D eigenvalue weighted by atomic mass is 16.2. The molecule has 6 heteroatoms. The van der Waals surface area contributed by atoms with E-state index in [1.807, 2.05) is 12.3 Å². The predicted molar refractivity (Wildman–Crippen MR) is 56.4 cm³/mol. The fourth-order valence-corrected chi connectivity index (χ4v) is 1.66. The van der Waals surface area contributed by atoms with Crippen LogP contribution in [-0.4, -0.2) is 34.2 Å². The van der Waals surface area contributed by atoms with Gasteiger partial charge < -0.3 is 10.6 Å². The van der Waals surface area contributed by atoms with Crippen molar-refractivity contribution < 1.29 is 9.59 Å². The first-order valence-corrected chi connectivity index (χ1v) is 5.27. The van der Waals surface area contributed by atoms with Gasteiger partial charge in [0.2, 0.25) is 11.8 Å². The van der Waals surface area contributed by atoms with E-state index in [0.717, 1.165) is 0 Å². The quantitative estimate of drug-likeness (QED) is 0.705. The number of rotatable bonds is 4. The summed E-state index contributed by atoms with van der Waals surface area (Å²) in [6.07, 6.45) is 4.26. The second kappa shape index (κ2) is 4.78. The average Bonchev–Trinajstić information content (AvgIpc) is 2.87. The predicted octanol–water partition coefficient (Wildman–Crippen LogP) is -0.722. The van der Waals surface area contributed by atoms with Gasteiger partial charge in [-0.1, -0.05) is 0 Å². The Kier molecular flexibility index (Phi) is 3.19. The zero-order valence-corrected chi connectivity index (χ0v) is 8.85. The molecule has 0 aromatic carbocycles. The van der Waals surface area contributed by atoms with Crippen molar-refractivity contribution in [3.8, 4) is 0 Å². The molecule has 1 atom stereocenters. The number of hydrogen-bond donors (Lipinski definition) is 2. The highest BCUT2D eigenvalue weighted by molar-refractivity contribution is 5.81. The normalized spacial score (nSPS) is 19.5. The second-order valence-corrected chi connectivity index (χ2v) is 3.79. The summed E-state index contributed by atoms with van der Waals surface area (Å²) in [5, 5.41) is 9.48. The number of aromatic nitrogens is 2. The summed E-state index contributed by atoms with van der Waals surface area (Å²) in [7, 11) is 0. The van der Waals surface area contributed by atoms with Gasteiger partial charge in [0.05, 0.1) is 6.04 Å². The Morgan fingerprint density at radius 2 is 2.56 bits per heavy atom. The smallest absolute Gasteiger partial charge is 0.222 e. The maximum absolute atomic E-state index is 11.5. The molecule has 0 radical (unpaired) electrons. The minimum atomic E-state index is -0.0578. The Bertz CT molecular complexity index is 374. The average molecular weight is 222 g/mol. The Morgan fingerprint density at radius 1 is 1.69 bits per heavy atom. The summed E-state index contributed by atoms with van der Waals surface area (Å²) in [5.41, 5.74) is 0. The molecule has 2 heterocycles. The molecule has 2 N–H and O–H groups in total. The summed E-state index contributed by atoms with van der Waals surface area (Å²) in [6, 6.07) is 1.76. The summed E-state index contributed by atoms with van der Waals surface area (Å²) in [6.45, 7) is 1.10. The first kappa shape index (κ1) is 10.7. The van der Waals surface area contributed by atoms with Crippen molar-refractivity contribution >= 4 is 11.8 Å². The number of carbonyl (C=O) groups is 2. The van der Waals surface area contributed by atoms with Crippen LogP contribution in [0.3, 0.4) is 0 Å². The van der Waals surface area contributed by atoms with Crippen LogP contribution in [0, 0.1) is 0 Å². The van der Waals surface area contributed by atoms with Crippen LogP contribution in [-0.2, 0) is 16.1 Å². The van der Waals surface area contributed by atoms with Crippen LogP contribution in [0.1, 0.15) is 12.8 Å². The van der Waals surface area contributed by atoms with Gasteiger partial charge in [0, 0.05) is 38.3 Å². The third-order valence-electron chi connectivity index (χ3n) is 2.47. The molecule has 2 amide bonds. The molecule has 1 aromatic heterocycles. The summed E-state index contributed by atoms with van der Waals surface area (Å²) >= 11 is 0. The molecule has 1 aromatic rings. The van der Waals surface area contributed by atoms with Crippen molar-refractivity contribution in [3.63, 3.8) is 0 Å². The minimum Gasteiger partial charge on any atom is -0.354 e. The SMILES string of the molecule is O=C1CC(NC(=O)CCn2cccn2)CN1. The molecular weight excluding hydrogens is 208 g/mol. The van der Waals surface area contributed by atoms with E-state index < -0.39 is 0 Å². The van der Waals surface area contributed by atoms with Crippen molar-refractivity contribution in [2.24, 2.45) is 0 Å². The zero-order chi connectivity index (χ0) is 11.4. The van der Waals surface area contributed by atoms with Gasteiger partial charge in [-0.25, -0.2) is 0 Å². The standard InChI is InChI=1S/C10H14N4O2/c15-9(2-5-14-4-1-3-12-14)13-8-6-10(16)11-7-8/h1,3-4,8H,2,5-7H2,(H,11,16)(H,13,15). The largest absolute Gasteiger partial charge is 0.354 e. The zero-order valence-electron chi connectivity index (χ0n) is 8.85. The lowest BCUT2D eigenvalue weighted by Gasteiger charge is -2.10. The van der Waals surface area contributed by atoms with Crippen LogP contribution >= 0.6 is 0 Å². The number of amides is 2. The van der Waals surface area contributed by atoms with Gasteiger partial charge in [0.1, 0.15) is 0 Å². The van der Waals surface area contributed by atoms with E-state index in [2.05, 4.69) is 15.7 Å². The van der Waals surface area contributed by atoms with Crippen LogP contribution < -0.4 is 10.6 Å². The van der Waals surface area contributed by atoms with Gasteiger partial charge in [-0.2, -0.15) is 5.10 Å². The molecule has 1 aliphatic rings. The van der Waals surface area contributed by atoms with E-state index in [4.69, 9.17) is 0 Å². The number of aryl methyl sites for hydroxylation is 1. The Balaban J connectivity index is 1.70. The van der Waals surface area contributed by atoms with Crippen LogP contribution in [0.2, 0.25) is 0 Å².